The largest absolute Gasteiger partial charge is 0.277 e. The number of nitrogens with one attached hydrogen (secondary N) is 1. The second kappa shape index (κ2) is 1.64. The number of aryl methyl sites for hydroxylation is 2. The van der Waals surface area contributed by atoms with Crippen molar-refractivity contribution in [1.29, 1.82) is 0 Å². The summed E-state index contributed by atoms with van der Waals surface area (Å²) in [7, 11) is 0. The highest BCUT2D eigenvalue weighted by Crippen LogP contribution is 2.26. The summed E-state index contributed by atoms with van der Waals surface area (Å²) in [5.41, 5.74) is 3.85. The number of fused-ring (bicyclic) bond motifs is 2. The van der Waals surface area contributed by atoms with Gasteiger partial charge in [-0.1, -0.05) is 0 Å². The van der Waals surface area contributed by atoms with Crippen LogP contribution in [0.15, 0.2) is 12.3 Å². The van der Waals surface area contributed by atoms with Gasteiger partial charge in [0, 0.05) is 11.5 Å². The number of nitrogens with zero attached hydrogens (tertiary/aromatic N) is 1. The van der Waals surface area contributed by atoms with Gasteiger partial charge in [-0.2, -0.15) is 5.10 Å². The van der Waals surface area contributed by atoms with Crippen LogP contribution in [0, 0.1) is 6.07 Å². The number of aromatic nitrogens is 2. The van der Waals surface area contributed by atoms with E-state index in [4.69, 9.17) is 0 Å². The van der Waals surface area contributed by atoms with Crippen molar-refractivity contribution >= 4 is 10.9 Å². The van der Waals surface area contributed by atoms with Gasteiger partial charge in [0.2, 0.25) is 0 Å². The van der Waals surface area contributed by atoms with Crippen LogP contribution in [0.2, 0.25) is 0 Å². The first kappa shape index (κ1) is 5.35. The molecule has 0 saturated carbocycles. The van der Waals surface area contributed by atoms with Crippen molar-refractivity contribution in [2.24, 2.45) is 0 Å². The van der Waals surface area contributed by atoms with Gasteiger partial charge in [-0.25, -0.2) is 0 Å². The lowest BCUT2D eigenvalue weighted by Crippen LogP contribution is -2.07. The van der Waals surface area contributed by atoms with E-state index in [1.807, 2.05) is 6.20 Å². The first-order valence-corrected chi connectivity index (χ1v) is 3.80. The minimum Gasteiger partial charge on any atom is -0.277 e. The van der Waals surface area contributed by atoms with Crippen molar-refractivity contribution in [3.05, 3.63) is 29.5 Å². The van der Waals surface area contributed by atoms with Crippen LogP contribution < -0.4 is 0 Å². The van der Waals surface area contributed by atoms with E-state index < -0.39 is 0 Å². The molecule has 1 heterocycles. The number of H-pyrrole nitrogens is 1. The van der Waals surface area contributed by atoms with Gasteiger partial charge in [0.25, 0.3) is 0 Å². The maximum Gasteiger partial charge on any atom is 0.0732 e. The van der Waals surface area contributed by atoms with Crippen molar-refractivity contribution in [3.63, 3.8) is 0 Å². The molecule has 1 aromatic carbocycles. The monoisotopic (exact) mass is 143 g/mol. The van der Waals surface area contributed by atoms with Crippen LogP contribution in [0.5, 0.6) is 0 Å². The van der Waals surface area contributed by atoms with E-state index in [9.17, 15) is 0 Å². The number of hydrogen-bond acceptors (Lipinski definition) is 1. The molecule has 0 amide bonds. The lowest BCUT2D eigenvalue weighted by atomic mass is 9.88. The number of hydrogen-bond donors (Lipinski definition) is 1. The van der Waals surface area contributed by atoms with Gasteiger partial charge in [0.05, 0.1) is 11.7 Å². The quantitative estimate of drug-likeness (QED) is 0.594. The Labute approximate surface area is 64.2 Å². The Balaban J connectivity index is 2.47. The molecule has 2 aromatic rings. The third-order valence-electron chi connectivity index (χ3n) is 2.31. The van der Waals surface area contributed by atoms with Crippen molar-refractivity contribution in [1.82, 2.24) is 10.2 Å². The van der Waals surface area contributed by atoms with Gasteiger partial charge < -0.3 is 0 Å². The van der Waals surface area contributed by atoms with E-state index in [-0.39, 0.29) is 0 Å². The summed E-state index contributed by atoms with van der Waals surface area (Å²) in [5, 5.41) is 8.05. The summed E-state index contributed by atoms with van der Waals surface area (Å²) in [6.07, 6.45) is 4.25. The highest BCUT2D eigenvalue weighted by atomic mass is 15.1. The summed E-state index contributed by atoms with van der Waals surface area (Å²) < 4.78 is 0. The van der Waals surface area contributed by atoms with Crippen LogP contribution in [-0.4, -0.2) is 10.2 Å². The fraction of sp³-hybridized carbons (Fsp3) is 0.222. The molecule has 0 fully saturated rings. The average Bonchev–Trinajstić information content (AvgIpc) is 2.40. The summed E-state index contributed by atoms with van der Waals surface area (Å²) in [5.74, 6) is 0. The molecule has 1 N–H and O–H groups in total. The zero-order valence-corrected chi connectivity index (χ0v) is 6.02. The van der Waals surface area contributed by atoms with E-state index in [2.05, 4.69) is 22.3 Å². The molecule has 0 atom stereocenters. The van der Waals surface area contributed by atoms with Crippen molar-refractivity contribution in [2.45, 2.75) is 12.8 Å². The third kappa shape index (κ3) is 0.589. The van der Waals surface area contributed by atoms with Crippen molar-refractivity contribution in [3.8, 4) is 0 Å². The van der Waals surface area contributed by atoms with Crippen LogP contribution in [0.3, 0.4) is 0 Å². The molecule has 1 aliphatic carbocycles. The zero-order chi connectivity index (χ0) is 7.26. The van der Waals surface area contributed by atoms with E-state index in [0.29, 0.717) is 0 Å². The summed E-state index contributed by atoms with van der Waals surface area (Å²) in [4.78, 5) is 0. The van der Waals surface area contributed by atoms with Gasteiger partial charge in [0.1, 0.15) is 0 Å². The summed E-state index contributed by atoms with van der Waals surface area (Å²) in [6.45, 7) is 0. The molecule has 0 saturated heterocycles. The molecule has 2 heteroatoms. The van der Waals surface area contributed by atoms with Crippen LogP contribution in [0.1, 0.15) is 11.1 Å². The molecular formula is C9H7N2. The summed E-state index contributed by atoms with van der Waals surface area (Å²) in [6, 6.07) is 5.51. The second-order valence-electron chi connectivity index (χ2n) is 2.97. The van der Waals surface area contributed by atoms with Gasteiger partial charge >= 0.3 is 0 Å². The maximum absolute atomic E-state index is 3.96. The van der Waals surface area contributed by atoms with Gasteiger partial charge in [0.15, 0.2) is 0 Å². The average molecular weight is 143 g/mol. The molecule has 1 aliphatic rings. The molecule has 1 radical (unpaired) electrons. The predicted molar refractivity (Wildman–Crippen MR) is 42.3 cm³/mol. The van der Waals surface area contributed by atoms with Gasteiger partial charge in [-0.05, 0) is 30.0 Å². The maximum atomic E-state index is 3.96. The number of rotatable bonds is 0. The topological polar surface area (TPSA) is 28.7 Å². The Kier molecular flexibility index (Phi) is 0.799. The molecule has 0 spiro atoms. The molecule has 0 bridgehead atoms. The normalized spacial score (nSPS) is 14.5. The molecule has 0 unspecified atom stereocenters. The fourth-order valence-corrected chi connectivity index (χ4v) is 1.54. The highest BCUT2D eigenvalue weighted by molar-refractivity contribution is 5.79. The van der Waals surface area contributed by atoms with Crippen molar-refractivity contribution < 1.29 is 0 Å². The lowest BCUT2D eigenvalue weighted by Gasteiger charge is -2.17. The molecule has 2 nitrogen and oxygen atoms in total. The van der Waals surface area contributed by atoms with Gasteiger partial charge in [-0.3, -0.25) is 5.10 Å². The van der Waals surface area contributed by atoms with Crippen LogP contribution in [0.25, 0.3) is 10.9 Å². The molecule has 1 aromatic heterocycles. The predicted octanol–water partition coefficient (Wildman–Crippen LogP) is 1.46. The smallest absolute Gasteiger partial charge is 0.0732 e. The Bertz CT molecular complexity index is 376. The third-order valence-corrected chi connectivity index (χ3v) is 2.31. The zero-order valence-electron chi connectivity index (χ0n) is 6.02. The van der Waals surface area contributed by atoms with Crippen LogP contribution >= 0.6 is 0 Å². The minimum atomic E-state index is 1.04. The molecular weight excluding hydrogens is 136 g/mol. The fourth-order valence-electron chi connectivity index (χ4n) is 1.54. The minimum absolute atomic E-state index is 1.04. The lowest BCUT2D eigenvalue weighted by molar-refractivity contribution is 0.841. The first-order chi connectivity index (χ1) is 5.43. The summed E-state index contributed by atoms with van der Waals surface area (Å²) >= 11 is 0. The Morgan fingerprint density at radius 2 is 2.45 bits per heavy atom. The molecule has 11 heavy (non-hydrogen) atoms. The standard InChI is InChI=1S/C9H7N2/c1-2-7-4-9-8(3-6(1)7)5-10-11-9/h3,5H,1-2H2,(H,10,11). The van der Waals surface area contributed by atoms with E-state index in [0.717, 1.165) is 5.52 Å². The molecule has 0 aliphatic heterocycles. The molecule has 53 valence electrons. The van der Waals surface area contributed by atoms with E-state index >= 15 is 0 Å². The van der Waals surface area contributed by atoms with Crippen LogP contribution in [-0.2, 0) is 12.8 Å². The second-order valence-corrected chi connectivity index (χ2v) is 2.97. The highest BCUT2D eigenvalue weighted by Gasteiger charge is 2.14. The van der Waals surface area contributed by atoms with Crippen LogP contribution in [0.4, 0.5) is 0 Å². The SMILES string of the molecule is [c]1c2c(cc3cn[nH]c13)CC2. The van der Waals surface area contributed by atoms with E-state index in [1.165, 1.54) is 29.4 Å². The number of benzene rings is 1. The van der Waals surface area contributed by atoms with Crippen molar-refractivity contribution in [2.75, 3.05) is 0 Å². The molecule has 3 rings (SSSR count). The van der Waals surface area contributed by atoms with Gasteiger partial charge in [-0.15, -0.1) is 0 Å². The Morgan fingerprint density at radius 3 is 3.27 bits per heavy atom. The van der Waals surface area contributed by atoms with E-state index in [1.54, 1.807) is 0 Å². The Hall–Kier alpha value is -1.31. The number of aromatic amines is 1. The Morgan fingerprint density at radius 1 is 1.45 bits per heavy atom. The first-order valence-electron chi connectivity index (χ1n) is 3.80.